The van der Waals surface area contributed by atoms with E-state index in [1.165, 1.54) is 5.56 Å². The topological polar surface area (TPSA) is 30.7 Å². The molecule has 15 heavy (non-hydrogen) atoms. The molecule has 0 aliphatic heterocycles. The van der Waals surface area contributed by atoms with E-state index in [2.05, 4.69) is 23.9 Å². The van der Waals surface area contributed by atoms with Crippen LogP contribution in [0, 0.1) is 6.92 Å². The molecule has 80 valence electrons. The summed E-state index contributed by atoms with van der Waals surface area (Å²) in [6.07, 6.45) is 0. The smallest absolute Gasteiger partial charge is 0.130 e. The highest BCUT2D eigenvalue weighted by molar-refractivity contribution is 6.29. The molecule has 3 nitrogen and oxygen atoms in total. The van der Waals surface area contributed by atoms with Crippen molar-refractivity contribution in [1.29, 1.82) is 0 Å². The van der Waals surface area contributed by atoms with E-state index in [1.807, 2.05) is 24.7 Å². The molecule has 0 fully saturated rings. The number of halogens is 1. The fourth-order valence-electron chi connectivity index (χ4n) is 1.88. The van der Waals surface area contributed by atoms with Crippen molar-refractivity contribution in [3.8, 4) is 0 Å². The fraction of sp³-hybridized carbons (Fsp3) is 0.455. The molecule has 0 aliphatic rings. The van der Waals surface area contributed by atoms with Crippen LogP contribution in [0.2, 0.25) is 5.15 Å². The van der Waals surface area contributed by atoms with Gasteiger partial charge in [0.25, 0.3) is 0 Å². The quantitative estimate of drug-likeness (QED) is 0.696. The lowest BCUT2D eigenvalue weighted by Crippen LogP contribution is -1.97. The van der Waals surface area contributed by atoms with E-state index >= 15 is 0 Å². The van der Waals surface area contributed by atoms with Gasteiger partial charge in [-0.15, -0.1) is 0 Å². The van der Waals surface area contributed by atoms with E-state index in [9.17, 15) is 0 Å². The molecule has 0 saturated carbocycles. The minimum absolute atomic E-state index is 0.419. The van der Waals surface area contributed by atoms with Crippen LogP contribution >= 0.6 is 11.6 Å². The Morgan fingerprint density at radius 2 is 2.07 bits per heavy atom. The van der Waals surface area contributed by atoms with Gasteiger partial charge in [0, 0.05) is 7.05 Å². The molecule has 0 N–H and O–H groups in total. The molecule has 0 aliphatic carbocycles. The number of pyridine rings is 1. The van der Waals surface area contributed by atoms with E-state index in [-0.39, 0.29) is 0 Å². The van der Waals surface area contributed by atoms with Gasteiger partial charge in [0.1, 0.15) is 10.7 Å². The zero-order chi connectivity index (χ0) is 11.2. The van der Waals surface area contributed by atoms with Gasteiger partial charge in [0.15, 0.2) is 0 Å². The Morgan fingerprint density at radius 3 is 2.67 bits per heavy atom. The molecular formula is C11H14ClN3. The summed E-state index contributed by atoms with van der Waals surface area (Å²) in [5, 5.41) is 4.91. The van der Waals surface area contributed by atoms with Crippen molar-refractivity contribution in [2.75, 3.05) is 0 Å². The normalized spacial score (nSPS) is 11.6. The molecule has 0 saturated heterocycles. The number of aryl methyl sites for hydroxylation is 2. The largest absolute Gasteiger partial charge is 0.266 e. The first kappa shape index (κ1) is 10.4. The third-order valence-electron chi connectivity index (χ3n) is 2.58. The molecule has 0 radical (unpaired) electrons. The summed E-state index contributed by atoms with van der Waals surface area (Å²) in [6, 6.07) is 1.93. The first-order valence-corrected chi connectivity index (χ1v) is 5.38. The van der Waals surface area contributed by atoms with Crippen LogP contribution < -0.4 is 0 Å². The van der Waals surface area contributed by atoms with Gasteiger partial charge in [-0.3, -0.25) is 4.68 Å². The Balaban J connectivity index is 2.89. The average Bonchev–Trinajstić information content (AvgIpc) is 2.41. The van der Waals surface area contributed by atoms with E-state index in [0.717, 1.165) is 16.7 Å². The van der Waals surface area contributed by atoms with Gasteiger partial charge in [-0.2, -0.15) is 5.10 Å². The van der Waals surface area contributed by atoms with Crippen molar-refractivity contribution >= 4 is 22.6 Å². The molecule has 4 heteroatoms. The number of fused-ring (bicyclic) bond motifs is 1. The second kappa shape index (κ2) is 3.49. The van der Waals surface area contributed by atoms with Crippen molar-refractivity contribution in [1.82, 2.24) is 14.8 Å². The van der Waals surface area contributed by atoms with E-state index in [0.29, 0.717) is 11.1 Å². The number of nitrogens with zero attached hydrogens (tertiary/aromatic N) is 3. The van der Waals surface area contributed by atoms with E-state index < -0.39 is 0 Å². The first-order chi connectivity index (χ1) is 7.00. The van der Waals surface area contributed by atoms with Gasteiger partial charge in [-0.1, -0.05) is 25.4 Å². The van der Waals surface area contributed by atoms with Crippen LogP contribution in [0.4, 0.5) is 0 Å². The number of aromatic nitrogens is 3. The van der Waals surface area contributed by atoms with E-state index in [1.54, 1.807) is 0 Å². The number of hydrogen-bond donors (Lipinski definition) is 0. The van der Waals surface area contributed by atoms with Crippen molar-refractivity contribution in [3.63, 3.8) is 0 Å². The highest BCUT2D eigenvalue weighted by atomic mass is 35.5. The van der Waals surface area contributed by atoms with Crippen LogP contribution in [-0.2, 0) is 7.05 Å². The lowest BCUT2D eigenvalue weighted by molar-refractivity contribution is 0.769. The van der Waals surface area contributed by atoms with Crippen LogP contribution in [0.5, 0.6) is 0 Å². The fourth-order valence-corrected chi connectivity index (χ4v) is 2.08. The van der Waals surface area contributed by atoms with Crippen molar-refractivity contribution in [3.05, 3.63) is 22.5 Å². The molecule has 2 rings (SSSR count). The Hall–Kier alpha value is -1.09. The first-order valence-electron chi connectivity index (χ1n) is 5.00. The van der Waals surface area contributed by atoms with Gasteiger partial charge in [-0.25, -0.2) is 4.98 Å². The van der Waals surface area contributed by atoms with Gasteiger partial charge in [0.2, 0.25) is 0 Å². The molecular weight excluding hydrogens is 210 g/mol. The van der Waals surface area contributed by atoms with Crippen LogP contribution in [0.1, 0.15) is 31.0 Å². The summed E-state index contributed by atoms with van der Waals surface area (Å²) in [4.78, 5) is 4.32. The zero-order valence-electron chi connectivity index (χ0n) is 9.37. The van der Waals surface area contributed by atoms with Gasteiger partial charge >= 0.3 is 0 Å². The van der Waals surface area contributed by atoms with Gasteiger partial charge in [-0.05, 0) is 24.5 Å². The molecule has 2 aromatic heterocycles. The maximum Gasteiger partial charge on any atom is 0.130 e. The Kier molecular flexibility index (Phi) is 2.43. The van der Waals surface area contributed by atoms with E-state index in [4.69, 9.17) is 11.6 Å². The second-order valence-corrected chi connectivity index (χ2v) is 4.48. The maximum absolute atomic E-state index is 6.00. The molecule has 0 unspecified atom stereocenters. The monoisotopic (exact) mass is 223 g/mol. The summed E-state index contributed by atoms with van der Waals surface area (Å²) in [5.74, 6) is 0.419. The maximum atomic E-state index is 6.00. The summed E-state index contributed by atoms with van der Waals surface area (Å²) < 4.78 is 1.88. The summed E-state index contributed by atoms with van der Waals surface area (Å²) in [6.45, 7) is 6.25. The summed E-state index contributed by atoms with van der Waals surface area (Å²) in [7, 11) is 1.94. The van der Waals surface area contributed by atoms with Crippen LogP contribution in [0.25, 0.3) is 11.0 Å². The lowest BCUT2D eigenvalue weighted by atomic mass is 10.0. The summed E-state index contributed by atoms with van der Waals surface area (Å²) >= 11 is 6.00. The molecule has 0 atom stereocenters. The zero-order valence-corrected chi connectivity index (χ0v) is 10.1. The SMILES string of the molecule is Cc1nn(C)c2c(C(C)C)cc(Cl)nc12. The number of hydrogen-bond acceptors (Lipinski definition) is 2. The van der Waals surface area contributed by atoms with Crippen LogP contribution in [0.3, 0.4) is 0 Å². The number of rotatable bonds is 1. The highest BCUT2D eigenvalue weighted by Crippen LogP contribution is 2.28. The molecule has 0 bridgehead atoms. The van der Waals surface area contributed by atoms with Gasteiger partial charge < -0.3 is 0 Å². The molecule has 0 spiro atoms. The lowest BCUT2D eigenvalue weighted by Gasteiger charge is -2.08. The highest BCUT2D eigenvalue weighted by Gasteiger charge is 2.14. The third kappa shape index (κ3) is 1.61. The predicted molar refractivity (Wildman–Crippen MR) is 62.3 cm³/mol. The van der Waals surface area contributed by atoms with Gasteiger partial charge in [0.05, 0.1) is 11.2 Å². The standard InChI is InChI=1S/C11H14ClN3/c1-6(2)8-5-9(12)13-10-7(3)14-15(4)11(8)10/h5-6H,1-4H3. The van der Waals surface area contributed by atoms with Crippen LogP contribution in [0.15, 0.2) is 6.07 Å². The Labute approximate surface area is 94.1 Å². The summed E-state index contributed by atoms with van der Waals surface area (Å²) in [5.41, 5.74) is 4.13. The average molecular weight is 224 g/mol. The van der Waals surface area contributed by atoms with Crippen molar-refractivity contribution in [2.24, 2.45) is 7.05 Å². The minimum Gasteiger partial charge on any atom is -0.266 e. The molecule has 2 heterocycles. The third-order valence-corrected chi connectivity index (χ3v) is 2.77. The van der Waals surface area contributed by atoms with Crippen molar-refractivity contribution < 1.29 is 0 Å². The van der Waals surface area contributed by atoms with Crippen molar-refractivity contribution in [2.45, 2.75) is 26.7 Å². The molecule has 2 aromatic rings. The second-order valence-electron chi connectivity index (χ2n) is 4.10. The molecule has 0 aromatic carbocycles. The predicted octanol–water partition coefficient (Wildman–Crippen LogP) is 3.05. The minimum atomic E-state index is 0.419. The Bertz CT molecular complexity index is 514. The van der Waals surface area contributed by atoms with Crippen LogP contribution in [-0.4, -0.2) is 14.8 Å². The Morgan fingerprint density at radius 1 is 1.40 bits per heavy atom. The molecule has 0 amide bonds.